The molecular formula is C26H23N3O5S. The van der Waals surface area contributed by atoms with Crippen molar-refractivity contribution in [1.29, 1.82) is 0 Å². The maximum Gasteiger partial charge on any atom is 0.407 e. The fourth-order valence-electron chi connectivity index (χ4n) is 4.14. The Morgan fingerprint density at radius 1 is 1.14 bits per heavy atom. The third-order valence-electron chi connectivity index (χ3n) is 5.66. The van der Waals surface area contributed by atoms with E-state index in [0.29, 0.717) is 10.7 Å². The highest BCUT2D eigenvalue weighted by Gasteiger charge is 2.29. The Bertz CT molecular complexity index is 1280. The van der Waals surface area contributed by atoms with Gasteiger partial charge in [0.1, 0.15) is 23.0 Å². The van der Waals surface area contributed by atoms with Gasteiger partial charge in [0, 0.05) is 5.92 Å². The Morgan fingerprint density at radius 3 is 2.37 bits per heavy atom. The van der Waals surface area contributed by atoms with Crippen molar-refractivity contribution in [2.45, 2.75) is 19.4 Å². The fourth-order valence-corrected chi connectivity index (χ4v) is 5.11. The maximum atomic E-state index is 12.7. The van der Waals surface area contributed by atoms with E-state index >= 15 is 0 Å². The summed E-state index contributed by atoms with van der Waals surface area (Å²) in [7, 11) is 0. The minimum absolute atomic E-state index is 0.0455. The molecule has 178 valence electrons. The second-order valence-electron chi connectivity index (χ2n) is 7.96. The van der Waals surface area contributed by atoms with Crippen LogP contribution in [0, 0.1) is 19.3 Å². The van der Waals surface area contributed by atoms with Crippen molar-refractivity contribution in [2.24, 2.45) is 0 Å². The van der Waals surface area contributed by atoms with Gasteiger partial charge in [-0.25, -0.2) is 9.78 Å². The molecule has 1 heterocycles. The van der Waals surface area contributed by atoms with Gasteiger partial charge in [-0.3, -0.25) is 9.59 Å². The van der Waals surface area contributed by atoms with Crippen molar-refractivity contribution in [1.82, 2.24) is 15.2 Å². The van der Waals surface area contributed by atoms with Crippen LogP contribution in [0.25, 0.3) is 11.1 Å². The average molecular weight is 490 g/mol. The van der Waals surface area contributed by atoms with Crippen molar-refractivity contribution in [3.05, 3.63) is 75.2 Å². The Labute approximate surface area is 206 Å². The normalized spacial score (nSPS) is 11.8. The lowest BCUT2D eigenvalue weighted by Crippen LogP contribution is -2.35. The van der Waals surface area contributed by atoms with Crippen LogP contribution in [-0.2, 0) is 16.1 Å². The molecule has 0 radical (unpaired) electrons. The topological polar surface area (TPSA) is 109 Å². The van der Waals surface area contributed by atoms with Crippen LogP contribution in [0.3, 0.4) is 0 Å². The summed E-state index contributed by atoms with van der Waals surface area (Å²) < 4.78 is 5.52. The number of nitrogens with one attached hydrogen (secondary N) is 1. The lowest BCUT2D eigenvalue weighted by atomic mass is 9.98. The molecule has 3 aromatic rings. The molecule has 9 heteroatoms. The van der Waals surface area contributed by atoms with E-state index in [1.807, 2.05) is 36.4 Å². The number of terminal acetylenes is 1. The SMILES string of the molecule is C#CCN(CC(=O)O)C(=O)c1sc(CNC(=O)OCC2c3ccccc3-c3ccccc32)nc1C. The van der Waals surface area contributed by atoms with E-state index in [0.717, 1.165) is 38.5 Å². The maximum absolute atomic E-state index is 12.7. The van der Waals surface area contributed by atoms with E-state index in [9.17, 15) is 14.4 Å². The first-order chi connectivity index (χ1) is 16.9. The second kappa shape index (κ2) is 10.4. The third-order valence-corrected chi connectivity index (χ3v) is 6.80. The van der Waals surface area contributed by atoms with Crippen LogP contribution in [0.1, 0.15) is 37.4 Å². The van der Waals surface area contributed by atoms with Gasteiger partial charge in [-0.05, 0) is 29.2 Å². The highest BCUT2D eigenvalue weighted by molar-refractivity contribution is 7.13. The molecule has 0 atom stereocenters. The molecule has 35 heavy (non-hydrogen) atoms. The highest BCUT2D eigenvalue weighted by Crippen LogP contribution is 2.44. The third kappa shape index (κ3) is 5.18. The number of carbonyl (C=O) groups excluding carboxylic acids is 2. The first-order valence-electron chi connectivity index (χ1n) is 10.9. The lowest BCUT2D eigenvalue weighted by molar-refractivity contribution is -0.137. The minimum atomic E-state index is -1.16. The van der Waals surface area contributed by atoms with Crippen LogP contribution in [0.4, 0.5) is 4.79 Å². The largest absolute Gasteiger partial charge is 0.480 e. The molecule has 0 spiro atoms. The van der Waals surface area contributed by atoms with Gasteiger partial charge in [0.15, 0.2) is 0 Å². The van der Waals surface area contributed by atoms with Gasteiger partial charge in [-0.1, -0.05) is 54.5 Å². The summed E-state index contributed by atoms with van der Waals surface area (Å²) in [4.78, 5) is 41.9. The zero-order chi connectivity index (χ0) is 24.9. The van der Waals surface area contributed by atoms with Gasteiger partial charge in [0.2, 0.25) is 0 Å². The van der Waals surface area contributed by atoms with Crippen molar-refractivity contribution >= 4 is 29.3 Å². The number of fused-ring (bicyclic) bond motifs is 3. The zero-order valence-corrected chi connectivity index (χ0v) is 19.8. The quantitative estimate of drug-likeness (QED) is 0.468. The molecule has 0 saturated carbocycles. The van der Waals surface area contributed by atoms with Crippen molar-refractivity contribution in [3.8, 4) is 23.5 Å². The van der Waals surface area contributed by atoms with Crippen LogP contribution in [0.15, 0.2) is 48.5 Å². The fraction of sp³-hybridized carbons (Fsp3) is 0.231. The van der Waals surface area contributed by atoms with Gasteiger partial charge in [0.25, 0.3) is 5.91 Å². The molecule has 2 amide bonds. The predicted molar refractivity (Wildman–Crippen MR) is 131 cm³/mol. The Hall–Kier alpha value is -4.16. The Kier molecular flexibility index (Phi) is 7.13. The second-order valence-corrected chi connectivity index (χ2v) is 9.04. The number of alkyl carbamates (subject to hydrolysis) is 1. The zero-order valence-electron chi connectivity index (χ0n) is 19.0. The van der Waals surface area contributed by atoms with Gasteiger partial charge in [-0.2, -0.15) is 0 Å². The molecule has 0 aliphatic heterocycles. The van der Waals surface area contributed by atoms with E-state index in [1.165, 1.54) is 0 Å². The van der Waals surface area contributed by atoms with Crippen LogP contribution < -0.4 is 5.32 Å². The van der Waals surface area contributed by atoms with Crippen LogP contribution in [0.5, 0.6) is 0 Å². The number of hydrogen-bond donors (Lipinski definition) is 2. The molecule has 8 nitrogen and oxygen atoms in total. The van der Waals surface area contributed by atoms with Gasteiger partial charge in [0.05, 0.1) is 18.8 Å². The molecule has 0 saturated heterocycles. The molecule has 2 aromatic carbocycles. The number of hydrogen-bond acceptors (Lipinski definition) is 6. The molecule has 0 fully saturated rings. The number of carboxylic acid groups (broad SMARTS) is 1. The summed E-state index contributed by atoms with van der Waals surface area (Å²) in [6.07, 6.45) is 4.67. The number of nitrogens with zero attached hydrogens (tertiary/aromatic N) is 2. The summed E-state index contributed by atoms with van der Waals surface area (Å²) in [5, 5.41) is 12.2. The number of aromatic nitrogens is 1. The molecule has 4 rings (SSSR count). The lowest BCUT2D eigenvalue weighted by Gasteiger charge is -2.16. The molecule has 0 unspecified atom stereocenters. The highest BCUT2D eigenvalue weighted by atomic mass is 32.1. The van der Waals surface area contributed by atoms with Gasteiger partial charge >= 0.3 is 12.1 Å². The van der Waals surface area contributed by atoms with E-state index < -0.39 is 24.5 Å². The monoisotopic (exact) mass is 489 g/mol. The predicted octanol–water partition coefficient (Wildman–Crippen LogP) is 3.65. The number of benzene rings is 2. The smallest absolute Gasteiger partial charge is 0.407 e. The van der Waals surface area contributed by atoms with Crippen LogP contribution in [-0.4, -0.2) is 52.7 Å². The molecule has 1 aromatic heterocycles. The molecule has 2 N–H and O–H groups in total. The molecular weight excluding hydrogens is 466 g/mol. The number of carboxylic acids is 1. The number of rotatable bonds is 8. The summed E-state index contributed by atoms with van der Waals surface area (Å²) in [6.45, 7) is 1.28. The van der Waals surface area contributed by atoms with Crippen molar-refractivity contribution < 1.29 is 24.2 Å². The van der Waals surface area contributed by atoms with Gasteiger partial charge < -0.3 is 20.1 Å². The summed E-state index contributed by atoms with van der Waals surface area (Å²) >= 11 is 1.08. The number of aryl methyl sites for hydroxylation is 1. The number of ether oxygens (including phenoxy) is 1. The Morgan fingerprint density at radius 2 is 1.77 bits per heavy atom. The number of aliphatic carboxylic acids is 1. The van der Waals surface area contributed by atoms with E-state index in [1.54, 1.807) is 6.92 Å². The molecule has 0 bridgehead atoms. The van der Waals surface area contributed by atoms with E-state index in [2.05, 4.69) is 28.4 Å². The van der Waals surface area contributed by atoms with Crippen LogP contribution in [0.2, 0.25) is 0 Å². The summed E-state index contributed by atoms with van der Waals surface area (Å²) in [6, 6.07) is 16.2. The van der Waals surface area contributed by atoms with E-state index in [4.69, 9.17) is 16.3 Å². The standard InChI is InChI=1S/C26H23N3O5S/c1-3-12-29(14-23(30)31)25(32)24-16(2)28-22(35-24)13-27-26(33)34-15-21-19-10-6-4-8-17(19)18-9-5-7-11-20(18)21/h1,4-11,21H,12-15H2,2H3,(H,27,33)(H,30,31). The summed E-state index contributed by atoms with van der Waals surface area (Å²) in [5.41, 5.74) is 4.98. The first kappa shape index (κ1) is 24.0. The average Bonchev–Trinajstić information content (AvgIpc) is 3.38. The summed E-state index contributed by atoms with van der Waals surface area (Å²) in [5.74, 6) is 0.581. The van der Waals surface area contributed by atoms with E-state index in [-0.39, 0.29) is 30.5 Å². The molecule has 1 aliphatic carbocycles. The van der Waals surface area contributed by atoms with Crippen molar-refractivity contribution in [2.75, 3.05) is 19.7 Å². The van der Waals surface area contributed by atoms with Crippen LogP contribution >= 0.6 is 11.3 Å². The van der Waals surface area contributed by atoms with Crippen molar-refractivity contribution in [3.63, 3.8) is 0 Å². The number of carbonyl (C=O) groups is 3. The number of amides is 2. The van der Waals surface area contributed by atoms with Gasteiger partial charge in [-0.15, -0.1) is 17.8 Å². The first-order valence-corrected chi connectivity index (χ1v) is 11.7. The minimum Gasteiger partial charge on any atom is -0.480 e. The molecule has 1 aliphatic rings. The number of thiazole rings is 1. The Balaban J connectivity index is 1.37.